The largest absolute Gasteiger partial charge is 0.494 e. The summed E-state index contributed by atoms with van der Waals surface area (Å²) in [5.74, 6) is 1.92. The molecule has 2 aromatic carbocycles. The Hall–Kier alpha value is -3.00. The van der Waals surface area contributed by atoms with Gasteiger partial charge in [0.15, 0.2) is 16.6 Å². The van der Waals surface area contributed by atoms with Gasteiger partial charge in [0.05, 0.1) is 36.6 Å². The molecule has 0 saturated heterocycles. The lowest BCUT2D eigenvalue weighted by Crippen LogP contribution is -2.13. The number of carbonyl (C=O) groups is 1. The molecule has 0 aliphatic heterocycles. The van der Waals surface area contributed by atoms with E-state index in [-0.39, 0.29) is 5.91 Å². The summed E-state index contributed by atoms with van der Waals surface area (Å²) in [7, 11) is 0. The molecule has 1 amide bonds. The zero-order valence-corrected chi connectivity index (χ0v) is 18.4. The minimum atomic E-state index is -0.302. The van der Waals surface area contributed by atoms with Crippen molar-refractivity contribution in [1.82, 2.24) is 4.98 Å². The Morgan fingerprint density at radius 3 is 2.13 bits per heavy atom. The second-order valence-electron chi connectivity index (χ2n) is 6.14. The van der Waals surface area contributed by atoms with Gasteiger partial charge in [-0.25, -0.2) is 4.98 Å². The highest BCUT2D eigenvalue weighted by Gasteiger charge is 2.19. The third-order valence-corrected chi connectivity index (χ3v) is 5.00. The number of amides is 1. The van der Waals surface area contributed by atoms with Gasteiger partial charge in [0.1, 0.15) is 5.75 Å². The summed E-state index contributed by atoms with van der Waals surface area (Å²) >= 11 is 1.39. The molecule has 0 fully saturated rings. The minimum Gasteiger partial charge on any atom is -0.494 e. The quantitative estimate of drug-likeness (QED) is 0.480. The van der Waals surface area contributed by atoms with Crippen LogP contribution in [0.25, 0.3) is 10.2 Å². The van der Waals surface area contributed by atoms with Gasteiger partial charge in [-0.2, -0.15) is 0 Å². The highest BCUT2D eigenvalue weighted by atomic mass is 32.1. The molecular weight excluding hydrogens is 404 g/mol. The SMILES string of the molecule is CCOc1ccc2nc(NC(=O)c3cc(OCC)c(OCC)c(OCC)c3)sc2c1. The van der Waals surface area contributed by atoms with Crippen molar-refractivity contribution < 1.29 is 23.7 Å². The number of anilines is 1. The van der Waals surface area contributed by atoms with Gasteiger partial charge >= 0.3 is 0 Å². The van der Waals surface area contributed by atoms with E-state index in [1.54, 1.807) is 12.1 Å². The highest BCUT2D eigenvalue weighted by molar-refractivity contribution is 7.22. The number of hydrogen-bond donors (Lipinski definition) is 1. The van der Waals surface area contributed by atoms with Crippen LogP contribution in [0, 0.1) is 0 Å². The van der Waals surface area contributed by atoms with Crippen molar-refractivity contribution in [2.24, 2.45) is 0 Å². The molecule has 1 N–H and O–H groups in total. The number of nitrogens with zero attached hydrogens (tertiary/aromatic N) is 1. The maximum Gasteiger partial charge on any atom is 0.257 e. The fourth-order valence-electron chi connectivity index (χ4n) is 2.90. The average Bonchev–Trinajstić information content (AvgIpc) is 3.12. The summed E-state index contributed by atoms with van der Waals surface area (Å²) in [6.07, 6.45) is 0. The normalized spacial score (nSPS) is 10.7. The minimum absolute atomic E-state index is 0.302. The molecule has 0 atom stereocenters. The molecule has 0 radical (unpaired) electrons. The zero-order chi connectivity index (χ0) is 21.5. The Labute approximate surface area is 179 Å². The number of ether oxygens (including phenoxy) is 4. The van der Waals surface area contributed by atoms with Crippen LogP contribution in [0.5, 0.6) is 23.0 Å². The molecular formula is C22H26N2O5S. The second-order valence-corrected chi connectivity index (χ2v) is 7.17. The second kappa shape index (κ2) is 10.2. The van der Waals surface area contributed by atoms with Crippen LogP contribution in [0.15, 0.2) is 30.3 Å². The Morgan fingerprint density at radius 2 is 1.53 bits per heavy atom. The van der Waals surface area contributed by atoms with Gasteiger partial charge in [-0.1, -0.05) is 11.3 Å². The molecule has 0 unspecified atom stereocenters. The van der Waals surface area contributed by atoms with Crippen LogP contribution in [0.3, 0.4) is 0 Å². The number of benzene rings is 2. The highest BCUT2D eigenvalue weighted by Crippen LogP contribution is 2.39. The van der Waals surface area contributed by atoms with E-state index in [4.69, 9.17) is 18.9 Å². The summed E-state index contributed by atoms with van der Waals surface area (Å²) in [6, 6.07) is 8.99. The van der Waals surface area contributed by atoms with E-state index in [0.29, 0.717) is 54.4 Å². The van der Waals surface area contributed by atoms with E-state index in [9.17, 15) is 4.79 Å². The molecule has 1 heterocycles. The van der Waals surface area contributed by atoms with E-state index >= 15 is 0 Å². The molecule has 160 valence electrons. The van der Waals surface area contributed by atoms with Crippen molar-refractivity contribution in [1.29, 1.82) is 0 Å². The first kappa shape index (κ1) is 21.7. The van der Waals surface area contributed by atoms with Crippen LogP contribution in [-0.2, 0) is 0 Å². The first-order valence-corrected chi connectivity index (χ1v) is 10.8. The number of thiazole rings is 1. The van der Waals surface area contributed by atoms with Gasteiger partial charge in [-0.3, -0.25) is 10.1 Å². The summed E-state index contributed by atoms with van der Waals surface area (Å²) in [6.45, 7) is 9.51. The molecule has 0 bridgehead atoms. The Morgan fingerprint density at radius 1 is 0.900 bits per heavy atom. The van der Waals surface area contributed by atoms with Crippen LogP contribution in [0.2, 0.25) is 0 Å². The third kappa shape index (κ3) is 4.94. The van der Waals surface area contributed by atoms with Crippen molar-refractivity contribution in [3.8, 4) is 23.0 Å². The van der Waals surface area contributed by atoms with E-state index < -0.39 is 0 Å². The van der Waals surface area contributed by atoms with Gasteiger partial charge in [-0.05, 0) is 58.0 Å². The molecule has 0 saturated carbocycles. The lowest BCUT2D eigenvalue weighted by Gasteiger charge is -2.16. The van der Waals surface area contributed by atoms with Gasteiger partial charge in [0.2, 0.25) is 5.75 Å². The molecule has 7 nitrogen and oxygen atoms in total. The van der Waals surface area contributed by atoms with Crippen molar-refractivity contribution in [2.75, 3.05) is 31.7 Å². The molecule has 3 rings (SSSR count). The Bertz CT molecular complexity index is 991. The molecule has 30 heavy (non-hydrogen) atoms. The van der Waals surface area contributed by atoms with Crippen molar-refractivity contribution in [3.05, 3.63) is 35.9 Å². The number of hydrogen-bond acceptors (Lipinski definition) is 7. The number of nitrogens with one attached hydrogen (secondary N) is 1. The average molecular weight is 431 g/mol. The zero-order valence-electron chi connectivity index (χ0n) is 17.6. The lowest BCUT2D eigenvalue weighted by molar-refractivity contribution is 0.102. The molecule has 8 heteroatoms. The summed E-state index contributed by atoms with van der Waals surface area (Å²) in [5, 5.41) is 3.37. The van der Waals surface area contributed by atoms with E-state index in [0.717, 1.165) is 16.0 Å². The summed E-state index contributed by atoms with van der Waals surface area (Å²) in [5.41, 5.74) is 1.20. The summed E-state index contributed by atoms with van der Waals surface area (Å²) < 4.78 is 23.5. The van der Waals surface area contributed by atoms with Crippen molar-refractivity contribution in [2.45, 2.75) is 27.7 Å². The topological polar surface area (TPSA) is 78.9 Å². The standard InChI is InChI=1S/C22H26N2O5S/c1-5-26-15-9-10-16-19(13-15)30-22(23-16)24-21(25)14-11-17(27-6-2)20(29-8-4)18(12-14)28-7-3/h9-13H,5-8H2,1-4H3,(H,23,24,25). The lowest BCUT2D eigenvalue weighted by atomic mass is 10.1. The van der Waals surface area contributed by atoms with Gasteiger partial charge in [0, 0.05) is 5.56 Å². The number of aromatic nitrogens is 1. The smallest absolute Gasteiger partial charge is 0.257 e. The third-order valence-electron chi connectivity index (χ3n) is 4.06. The molecule has 0 spiro atoms. The van der Waals surface area contributed by atoms with Crippen LogP contribution in [0.1, 0.15) is 38.1 Å². The Balaban J connectivity index is 1.89. The number of carbonyl (C=O) groups excluding carboxylic acids is 1. The van der Waals surface area contributed by atoms with Crippen molar-refractivity contribution in [3.63, 3.8) is 0 Å². The van der Waals surface area contributed by atoms with E-state index in [2.05, 4.69) is 10.3 Å². The maximum absolute atomic E-state index is 12.9. The van der Waals surface area contributed by atoms with Crippen LogP contribution in [0.4, 0.5) is 5.13 Å². The molecule has 0 aliphatic carbocycles. The predicted molar refractivity (Wildman–Crippen MR) is 119 cm³/mol. The van der Waals surface area contributed by atoms with Crippen LogP contribution < -0.4 is 24.3 Å². The van der Waals surface area contributed by atoms with E-state index in [1.165, 1.54) is 11.3 Å². The first-order chi connectivity index (χ1) is 14.6. The summed E-state index contributed by atoms with van der Waals surface area (Å²) in [4.78, 5) is 17.4. The van der Waals surface area contributed by atoms with Gasteiger partial charge in [-0.15, -0.1) is 0 Å². The van der Waals surface area contributed by atoms with Crippen LogP contribution in [-0.4, -0.2) is 37.3 Å². The predicted octanol–water partition coefficient (Wildman–Crippen LogP) is 5.14. The number of fused-ring (bicyclic) bond motifs is 1. The van der Waals surface area contributed by atoms with Crippen LogP contribution >= 0.6 is 11.3 Å². The Kier molecular flexibility index (Phi) is 7.35. The monoisotopic (exact) mass is 430 g/mol. The fourth-order valence-corrected chi connectivity index (χ4v) is 3.79. The van der Waals surface area contributed by atoms with Gasteiger partial charge in [0.25, 0.3) is 5.91 Å². The fraction of sp³-hybridized carbons (Fsp3) is 0.364. The maximum atomic E-state index is 12.9. The number of rotatable bonds is 10. The molecule has 1 aromatic heterocycles. The van der Waals surface area contributed by atoms with Gasteiger partial charge < -0.3 is 18.9 Å². The first-order valence-electron chi connectivity index (χ1n) is 10.0. The molecule has 3 aromatic rings. The van der Waals surface area contributed by atoms with E-state index in [1.807, 2.05) is 45.9 Å². The molecule has 0 aliphatic rings. The van der Waals surface area contributed by atoms with Crippen molar-refractivity contribution >= 4 is 32.6 Å².